The van der Waals surface area contributed by atoms with Crippen molar-refractivity contribution in [1.82, 2.24) is 4.98 Å². The summed E-state index contributed by atoms with van der Waals surface area (Å²) >= 11 is 0. The summed E-state index contributed by atoms with van der Waals surface area (Å²) in [5.74, 6) is 5.24. The Kier molecular flexibility index (Phi) is 3.77. The molecule has 19 heavy (non-hydrogen) atoms. The molecule has 0 bridgehead atoms. The van der Waals surface area contributed by atoms with Gasteiger partial charge in [-0.15, -0.1) is 0 Å². The van der Waals surface area contributed by atoms with Crippen LogP contribution in [0.5, 0.6) is 0 Å². The van der Waals surface area contributed by atoms with E-state index in [9.17, 15) is 4.79 Å². The van der Waals surface area contributed by atoms with Crippen LogP contribution in [0.2, 0.25) is 0 Å². The number of nitrogens with zero attached hydrogens (tertiary/aromatic N) is 2. The molecule has 0 atom stereocenters. The Balaban J connectivity index is 2.30. The minimum atomic E-state index is -0.162. The van der Waals surface area contributed by atoms with E-state index in [2.05, 4.69) is 10.4 Å². The van der Waals surface area contributed by atoms with Gasteiger partial charge in [0, 0.05) is 25.1 Å². The van der Waals surface area contributed by atoms with Crippen LogP contribution in [0.4, 0.5) is 11.4 Å². The number of benzene rings is 1. The van der Waals surface area contributed by atoms with Gasteiger partial charge in [-0.1, -0.05) is 17.7 Å². The summed E-state index contributed by atoms with van der Waals surface area (Å²) in [4.78, 5) is 17.9. The molecule has 5 nitrogen and oxygen atoms in total. The summed E-state index contributed by atoms with van der Waals surface area (Å²) in [6.07, 6.45) is 3.08. The third-order valence-electron chi connectivity index (χ3n) is 2.93. The Hall–Kier alpha value is -2.40. The number of nitrogens with one attached hydrogen (secondary N) is 1. The standard InChI is InChI=1S/C14H16N4O/c1-10-3-5-11(6-4-10)18(2)14(19)12-9-16-8-7-13(12)17-15/h3-9H,15H2,1-2H3,(H,16,17). The average molecular weight is 256 g/mol. The Morgan fingerprint density at radius 1 is 1.26 bits per heavy atom. The van der Waals surface area contributed by atoms with Crippen LogP contribution in [0.3, 0.4) is 0 Å². The molecule has 0 saturated heterocycles. The van der Waals surface area contributed by atoms with Gasteiger partial charge < -0.3 is 10.3 Å². The Morgan fingerprint density at radius 3 is 2.58 bits per heavy atom. The average Bonchev–Trinajstić information content (AvgIpc) is 2.46. The molecule has 0 aliphatic heterocycles. The van der Waals surface area contributed by atoms with Gasteiger partial charge in [0.25, 0.3) is 5.91 Å². The second-order valence-electron chi connectivity index (χ2n) is 4.27. The number of pyridine rings is 1. The minimum Gasteiger partial charge on any atom is -0.323 e. The maximum absolute atomic E-state index is 12.4. The van der Waals surface area contributed by atoms with Gasteiger partial charge in [-0.3, -0.25) is 15.6 Å². The highest BCUT2D eigenvalue weighted by molar-refractivity contribution is 6.09. The third kappa shape index (κ3) is 2.71. The van der Waals surface area contributed by atoms with Crippen molar-refractivity contribution in [3.05, 3.63) is 53.9 Å². The smallest absolute Gasteiger partial charge is 0.261 e. The molecule has 0 unspecified atom stereocenters. The third-order valence-corrected chi connectivity index (χ3v) is 2.93. The molecule has 0 spiro atoms. The van der Waals surface area contributed by atoms with Gasteiger partial charge >= 0.3 is 0 Å². The van der Waals surface area contributed by atoms with Crippen molar-refractivity contribution in [2.45, 2.75) is 6.92 Å². The number of hydrogen-bond donors (Lipinski definition) is 2. The molecule has 0 aliphatic carbocycles. The maximum atomic E-state index is 12.4. The molecule has 1 aromatic heterocycles. The van der Waals surface area contributed by atoms with Crippen molar-refractivity contribution < 1.29 is 4.79 Å². The Labute approximate surface area is 112 Å². The van der Waals surface area contributed by atoms with E-state index in [0.29, 0.717) is 11.3 Å². The van der Waals surface area contributed by atoms with E-state index in [4.69, 9.17) is 5.84 Å². The van der Waals surface area contributed by atoms with Crippen LogP contribution in [-0.2, 0) is 0 Å². The SMILES string of the molecule is Cc1ccc(N(C)C(=O)c2cnccc2NN)cc1. The van der Waals surface area contributed by atoms with E-state index in [1.807, 2.05) is 31.2 Å². The van der Waals surface area contributed by atoms with E-state index < -0.39 is 0 Å². The quantitative estimate of drug-likeness (QED) is 0.650. The van der Waals surface area contributed by atoms with E-state index in [-0.39, 0.29) is 5.91 Å². The summed E-state index contributed by atoms with van der Waals surface area (Å²) in [5.41, 5.74) is 5.47. The second kappa shape index (κ2) is 5.49. The maximum Gasteiger partial charge on any atom is 0.261 e. The minimum absolute atomic E-state index is 0.162. The lowest BCUT2D eigenvalue weighted by atomic mass is 10.2. The Bertz CT molecular complexity index is 580. The van der Waals surface area contributed by atoms with Crippen molar-refractivity contribution in [3.8, 4) is 0 Å². The number of hydrazine groups is 1. The van der Waals surface area contributed by atoms with Crippen LogP contribution in [0.15, 0.2) is 42.7 Å². The van der Waals surface area contributed by atoms with Crippen molar-refractivity contribution in [2.75, 3.05) is 17.4 Å². The summed E-state index contributed by atoms with van der Waals surface area (Å²) in [6.45, 7) is 2.00. The van der Waals surface area contributed by atoms with Crippen molar-refractivity contribution in [3.63, 3.8) is 0 Å². The summed E-state index contributed by atoms with van der Waals surface area (Å²) in [5, 5.41) is 0. The number of nitrogen functional groups attached to an aromatic ring is 1. The van der Waals surface area contributed by atoms with E-state index in [0.717, 1.165) is 11.3 Å². The van der Waals surface area contributed by atoms with Gasteiger partial charge in [-0.25, -0.2) is 0 Å². The lowest BCUT2D eigenvalue weighted by molar-refractivity contribution is 0.0993. The first-order chi connectivity index (χ1) is 9.13. The fourth-order valence-electron chi connectivity index (χ4n) is 1.76. The molecule has 1 heterocycles. The largest absolute Gasteiger partial charge is 0.323 e. The van der Waals surface area contributed by atoms with E-state index in [1.54, 1.807) is 24.2 Å². The number of aromatic nitrogens is 1. The molecule has 0 fully saturated rings. The summed E-state index contributed by atoms with van der Waals surface area (Å²) in [7, 11) is 1.72. The van der Waals surface area contributed by atoms with E-state index >= 15 is 0 Å². The monoisotopic (exact) mass is 256 g/mol. The van der Waals surface area contributed by atoms with Crippen LogP contribution in [-0.4, -0.2) is 17.9 Å². The molecule has 0 saturated carbocycles. The van der Waals surface area contributed by atoms with Crippen LogP contribution >= 0.6 is 0 Å². The molecule has 0 radical (unpaired) electrons. The first-order valence-electron chi connectivity index (χ1n) is 5.89. The van der Waals surface area contributed by atoms with Gasteiger partial charge in [0.15, 0.2) is 0 Å². The van der Waals surface area contributed by atoms with Gasteiger partial charge in [0.1, 0.15) is 0 Å². The van der Waals surface area contributed by atoms with Crippen LogP contribution in [0, 0.1) is 6.92 Å². The highest BCUT2D eigenvalue weighted by Crippen LogP contribution is 2.19. The number of amides is 1. The van der Waals surface area contributed by atoms with Gasteiger partial charge in [0.2, 0.25) is 0 Å². The van der Waals surface area contributed by atoms with Crippen LogP contribution in [0.1, 0.15) is 15.9 Å². The normalized spacial score (nSPS) is 10.1. The molecule has 1 aromatic carbocycles. The first kappa shape index (κ1) is 13.0. The molecule has 2 aromatic rings. The van der Waals surface area contributed by atoms with Crippen LogP contribution < -0.4 is 16.2 Å². The molecule has 98 valence electrons. The fourth-order valence-corrected chi connectivity index (χ4v) is 1.76. The van der Waals surface area contributed by atoms with Gasteiger partial charge in [-0.05, 0) is 25.1 Å². The molecular weight excluding hydrogens is 240 g/mol. The number of carbonyl (C=O) groups excluding carboxylic acids is 1. The van der Waals surface area contributed by atoms with Gasteiger partial charge in [-0.2, -0.15) is 0 Å². The van der Waals surface area contributed by atoms with Crippen molar-refractivity contribution in [1.29, 1.82) is 0 Å². The van der Waals surface area contributed by atoms with E-state index in [1.165, 1.54) is 6.20 Å². The highest BCUT2D eigenvalue weighted by Gasteiger charge is 2.16. The fraction of sp³-hybridized carbons (Fsp3) is 0.143. The van der Waals surface area contributed by atoms with Crippen molar-refractivity contribution in [2.24, 2.45) is 5.84 Å². The molecule has 0 aliphatic rings. The lowest BCUT2D eigenvalue weighted by Gasteiger charge is -2.18. The number of anilines is 2. The highest BCUT2D eigenvalue weighted by atomic mass is 16.2. The number of hydrogen-bond acceptors (Lipinski definition) is 4. The number of carbonyl (C=O) groups is 1. The number of rotatable bonds is 3. The van der Waals surface area contributed by atoms with Crippen LogP contribution in [0.25, 0.3) is 0 Å². The Morgan fingerprint density at radius 2 is 1.95 bits per heavy atom. The first-order valence-corrected chi connectivity index (χ1v) is 5.89. The zero-order valence-corrected chi connectivity index (χ0v) is 10.9. The predicted octanol–water partition coefficient (Wildman–Crippen LogP) is 1.95. The summed E-state index contributed by atoms with van der Waals surface area (Å²) in [6, 6.07) is 9.39. The molecular formula is C14H16N4O. The van der Waals surface area contributed by atoms with Gasteiger partial charge in [0.05, 0.1) is 11.3 Å². The topological polar surface area (TPSA) is 71.2 Å². The predicted molar refractivity (Wildman–Crippen MR) is 76.0 cm³/mol. The number of nitrogens with two attached hydrogens (primary N) is 1. The summed E-state index contributed by atoms with van der Waals surface area (Å²) < 4.78 is 0. The second-order valence-corrected chi connectivity index (χ2v) is 4.27. The number of aryl methyl sites for hydroxylation is 1. The molecule has 5 heteroatoms. The lowest BCUT2D eigenvalue weighted by Crippen LogP contribution is -2.27. The zero-order valence-electron chi connectivity index (χ0n) is 10.9. The zero-order chi connectivity index (χ0) is 13.8. The molecule has 2 rings (SSSR count). The van der Waals surface area contributed by atoms with Crippen molar-refractivity contribution >= 4 is 17.3 Å². The molecule has 1 amide bonds. The molecule has 3 N–H and O–H groups in total.